The summed E-state index contributed by atoms with van der Waals surface area (Å²) in [5.41, 5.74) is 0.480. The van der Waals surface area contributed by atoms with E-state index >= 15 is 0 Å². The SMILES string of the molecule is CCOc1ccccc1C(=O)OCSC. The smallest absolute Gasteiger partial charge is 0.342 e. The molecule has 82 valence electrons. The molecule has 3 nitrogen and oxygen atoms in total. The molecule has 0 aromatic heterocycles. The second-order valence-electron chi connectivity index (χ2n) is 2.77. The number of para-hydroxylation sites is 1. The fourth-order valence-corrected chi connectivity index (χ4v) is 1.33. The van der Waals surface area contributed by atoms with Gasteiger partial charge in [-0.15, -0.1) is 11.8 Å². The van der Waals surface area contributed by atoms with Gasteiger partial charge in [0.05, 0.1) is 6.61 Å². The molecule has 0 aliphatic heterocycles. The molecule has 0 atom stereocenters. The number of hydrogen-bond donors (Lipinski definition) is 0. The molecule has 0 aliphatic carbocycles. The zero-order chi connectivity index (χ0) is 11.1. The topological polar surface area (TPSA) is 35.5 Å². The molecule has 0 bridgehead atoms. The second kappa shape index (κ2) is 6.35. The maximum atomic E-state index is 11.6. The Balaban J connectivity index is 2.77. The van der Waals surface area contributed by atoms with Crippen LogP contribution in [0.4, 0.5) is 0 Å². The van der Waals surface area contributed by atoms with Gasteiger partial charge in [-0.1, -0.05) is 12.1 Å². The molecule has 0 saturated heterocycles. The first-order chi connectivity index (χ1) is 7.29. The molecular weight excluding hydrogens is 212 g/mol. The largest absolute Gasteiger partial charge is 0.493 e. The Morgan fingerprint density at radius 3 is 2.80 bits per heavy atom. The standard InChI is InChI=1S/C11H14O3S/c1-3-13-10-7-5-4-6-9(10)11(12)14-8-15-2/h4-7H,3,8H2,1-2H3. The minimum atomic E-state index is -0.339. The zero-order valence-electron chi connectivity index (χ0n) is 8.86. The minimum Gasteiger partial charge on any atom is -0.493 e. The average molecular weight is 226 g/mol. The lowest BCUT2D eigenvalue weighted by Gasteiger charge is -2.08. The Morgan fingerprint density at radius 2 is 2.13 bits per heavy atom. The molecule has 0 radical (unpaired) electrons. The van der Waals surface area contributed by atoms with Crippen molar-refractivity contribution in [1.29, 1.82) is 0 Å². The quantitative estimate of drug-likeness (QED) is 0.571. The third-order valence-electron chi connectivity index (χ3n) is 1.71. The summed E-state index contributed by atoms with van der Waals surface area (Å²) in [6.07, 6.45) is 1.88. The van der Waals surface area contributed by atoms with Crippen LogP contribution in [0.25, 0.3) is 0 Å². The number of benzene rings is 1. The molecule has 0 N–H and O–H groups in total. The molecule has 4 heteroatoms. The normalized spacial score (nSPS) is 9.73. The van der Waals surface area contributed by atoms with Crippen molar-refractivity contribution in [3.63, 3.8) is 0 Å². The van der Waals surface area contributed by atoms with E-state index in [4.69, 9.17) is 9.47 Å². The van der Waals surface area contributed by atoms with Crippen molar-refractivity contribution >= 4 is 17.7 Å². The lowest BCUT2D eigenvalue weighted by molar-refractivity contribution is 0.0575. The number of carbonyl (C=O) groups excluding carboxylic acids is 1. The van der Waals surface area contributed by atoms with E-state index < -0.39 is 0 Å². The highest BCUT2D eigenvalue weighted by Gasteiger charge is 2.12. The van der Waals surface area contributed by atoms with E-state index in [1.165, 1.54) is 11.8 Å². The van der Waals surface area contributed by atoms with Crippen LogP contribution in [-0.2, 0) is 4.74 Å². The van der Waals surface area contributed by atoms with Gasteiger partial charge in [0.25, 0.3) is 0 Å². The third kappa shape index (κ3) is 3.47. The number of ether oxygens (including phenoxy) is 2. The van der Waals surface area contributed by atoms with E-state index in [0.29, 0.717) is 23.9 Å². The highest BCUT2D eigenvalue weighted by Crippen LogP contribution is 2.19. The van der Waals surface area contributed by atoms with Gasteiger partial charge in [0.15, 0.2) is 0 Å². The van der Waals surface area contributed by atoms with Crippen molar-refractivity contribution in [1.82, 2.24) is 0 Å². The van der Waals surface area contributed by atoms with Crippen LogP contribution in [0.5, 0.6) is 5.75 Å². The van der Waals surface area contributed by atoms with E-state index in [-0.39, 0.29) is 5.97 Å². The van der Waals surface area contributed by atoms with Gasteiger partial charge in [0, 0.05) is 0 Å². The summed E-state index contributed by atoms with van der Waals surface area (Å²) in [7, 11) is 0. The number of esters is 1. The van der Waals surface area contributed by atoms with Crippen molar-refractivity contribution in [2.24, 2.45) is 0 Å². The van der Waals surface area contributed by atoms with E-state index in [1.54, 1.807) is 18.2 Å². The Bertz CT molecular complexity index is 325. The lowest BCUT2D eigenvalue weighted by atomic mass is 10.2. The van der Waals surface area contributed by atoms with Crippen LogP contribution in [0.15, 0.2) is 24.3 Å². The van der Waals surface area contributed by atoms with Gasteiger partial charge in [-0.25, -0.2) is 4.79 Å². The van der Waals surface area contributed by atoms with Gasteiger partial charge in [-0.05, 0) is 25.3 Å². The van der Waals surface area contributed by atoms with Crippen LogP contribution in [-0.4, -0.2) is 24.8 Å². The van der Waals surface area contributed by atoms with Crippen LogP contribution in [0, 0.1) is 0 Å². The first-order valence-electron chi connectivity index (χ1n) is 4.67. The van der Waals surface area contributed by atoms with Crippen LogP contribution in [0.3, 0.4) is 0 Å². The molecule has 15 heavy (non-hydrogen) atoms. The summed E-state index contributed by atoms with van der Waals surface area (Å²) in [6.45, 7) is 2.41. The summed E-state index contributed by atoms with van der Waals surface area (Å²) in [5, 5.41) is 0. The fraction of sp³-hybridized carbons (Fsp3) is 0.364. The van der Waals surface area contributed by atoms with E-state index in [9.17, 15) is 4.79 Å². The maximum Gasteiger partial charge on any atom is 0.342 e. The molecule has 0 saturated carbocycles. The molecule has 0 fully saturated rings. The number of rotatable bonds is 5. The Morgan fingerprint density at radius 1 is 1.40 bits per heavy atom. The first kappa shape index (κ1) is 11.9. The van der Waals surface area contributed by atoms with Crippen LogP contribution in [0.2, 0.25) is 0 Å². The van der Waals surface area contributed by atoms with Crippen LogP contribution >= 0.6 is 11.8 Å². The molecule has 1 rings (SSSR count). The monoisotopic (exact) mass is 226 g/mol. The van der Waals surface area contributed by atoms with Crippen LogP contribution in [0.1, 0.15) is 17.3 Å². The summed E-state index contributed by atoms with van der Waals surface area (Å²) in [6, 6.07) is 7.08. The molecule has 0 unspecified atom stereocenters. The van der Waals surface area contributed by atoms with Crippen LogP contribution < -0.4 is 4.74 Å². The Kier molecular flexibility index (Phi) is 5.04. The van der Waals surface area contributed by atoms with Crippen molar-refractivity contribution in [2.45, 2.75) is 6.92 Å². The number of thioether (sulfide) groups is 1. The predicted molar refractivity (Wildman–Crippen MR) is 61.4 cm³/mol. The third-order valence-corrected chi connectivity index (χ3v) is 2.07. The van der Waals surface area contributed by atoms with Gasteiger partial charge in [-0.2, -0.15) is 0 Å². The van der Waals surface area contributed by atoms with Crippen molar-refractivity contribution < 1.29 is 14.3 Å². The van der Waals surface area contributed by atoms with Gasteiger partial charge in [0.1, 0.15) is 17.3 Å². The summed E-state index contributed by atoms with van der Waals surface area (Å²) >= 11 is 1.46. The molecule has 0 heterocycles. The Hall–Kier alpha value is -1.16. The highest BCUT2D eigenvalue weighted by molar-refractivity contribution is 7.98. The molecule has 0 aliphatic rings. The van der Waals surface area contributed by atoms with Gasteiger partial charge in [0.2, 0.25) is 0 Å². The fourth-order valence-electron chi connectivity index (χ4n) is 1.11. The average Bonchev–Trinajstić information content (AvgIpc) is 2.27. The minimum absolute atomic E-state index is 0.339. The summed E-state index contributed by atoms with van der Waals surface area (Å²) < 4.78 is 10.3. The van der Waals surface area contributed by atoms with Crippen molar-refractivity contribution in [3.05, 3.63) is 29.8 Å². The molecule has 1 aromatic carbocycles. The molecule has 0 amide bonds. The second-order valence-corrected chi connectivity index (χ2v) is 3.58. The first-order valence-corrected chi connectivity index (χ1v) is 6.06. The molecule has 1 aromatic rings. The van der Waals surface area contributed by atoms with E-state index in [2.05, 4.69) is 0 Å². The Labute approximate surface area is 93.8 Å². The maximum absolute atomic E-state index is 11.6. The lowest BCUT2D eigenvalue weighted by Crippen LogP contribution is -2.07. The predicted octanol–water partition coefficient (Wildman–Crippen LogP) is 2.56. The van der Waals surface area contributed by atoms with Gasteiger partial charge in [-0.3, -0.25) is 0 Å². The number of hydrogen-bond acceptors (Lipinski definition) is 4. The summed E-state index contributed by atoms with van der Waals surface area (Å²) in [4.78, 5) is 11.6. The zero-order valence-corrected chi connectivity index (χ0v) is 9.67. The van der Waals surface area contributed by atoms with Crippen molar-refractivity contribution in [2.75, 3.05) is 18.8 Å². The van der Waals surface area contributed by atoms with E-state index in [1.807, 2.05) is 19.2 Å². The van der Waals surface area contributed by atoms with Gasteiger partial charge < -0.3 is 9.47 Å². The molecular formula is C11H14O3S. The van der Waals surface area contributed by atoms with Gasteiger partial charge >= 0.3 is 5.97 Å². The van der Waals surface area contributed by atoms with Crippen molar-refractivity contribution in [3.8, 4) is 5.75 Å². The molecule has 0 spiro atoms. The summed E-state index contributed by atoms with van der Waals surface area (Å²) in [5.74, 6) is 0.596. The number of carbonyl (C=O) groups is 1. The highest BCUT2D eigenvalue weighted by atomic mass is 32.2. The van der Waals surface area contributed by atoms with E-state index in [0.717, 1.165) is 0 Å².